The Kier molecular flexibility index (Phi) is 6.52. The monoisotopic (exact) mass is 407 g/mol. The molecule has 0 aliphatic heterocycles. The number of carbonyl (C=O) groups is 1. The lowest BCUT2D eigenvalue weighted by atomic mass is 9.89. The fourth-order valence-corrected chi connectivity index (χ4v) is 4.17. The van der Waals surface area contributed by atoms with Crippen LogP contribution < -0.4 is 14.8 Å². The average Bonchev–Trinajstić information content (AvgIpc) is 3.16. The molecule has 30 heavy (non-hydrogen) atoms. The van der Waals surface area contributed by atoms with Gasteiger partial charge < -0.3 is 19.4 Å². The molecule has 3 aromatic rings. The van der Waals surface area contributed by atoms with Gasteiger partial charge >= 0.3 is 0 Å². The molecule has 0 saturated heterocycles. The lowest BCUT2D eigenvalue weighted by Gasteiger charge is -2.20. The summed E-state index contributed by atoms with van der Waals surface area (Å²) in [5.74, 6) is 2.58. The van der Waals surface area contributed by atoms with Crippen LogP contribution in [0, 0.1) is 5.92 Å². The minimum atomic E-state index is 0.144. The normalized spacial score (nSPS) is 14.6. The fraction of sp³-hybridized carbons (Fsp3) is 0.417. The second-order valence-corrected chi connectivity index (χ2v) is 7.72. The van der Waals surface area contributed by atoms with E-state index in [9.17, 15) is 4.79 Å². The number of imidazole rings is 1. The van der Waals surface area contributed by atoms with Crippen LogP contribution in [-0.4, -0.2) is 29.2 Å². The van der Waals surface area contributed by atoms with Crippen molar-refractivity contribution in [2.45, 2.75) is 45.2 Å². The Balaban J connectivity index is 1.45. The smallest absolute Gasteiger partial charge is 0.223 e. The van der Waals surface area contributed by atoms with Crippen LogP contribution in [0.4, 0.5) is 0 Å². The summed E-state index contributed by atoms with van der Waals surface area (Å²) in [5, 5.41) is 3.11. The molecule has 0 bridgehead atoms. The van der Waals surface area contributed by atoms with Gasteiger partial charge in [0.2, 0.25) is 5.91 Å². The number of benzene rings is 2. The minimum absolute atomic E-state index is 0.144. The van der Waals surface area contributed by atoms with Crippen molar-refractivity contribution in [3.63, 3.8) is 0 Å². The van der Waals surface area contributed by atoms with Crippen LogP contribution in [0.3, 0.4) is 0 Å². The molecule has 2 aromatic carbocycles. The van der Waals surface area contributed by atoms with Crippen LogP contribution in [0.25, 0.3) is 11.0 Å². The second-order valence-electron chi connectivity index (χ2n) is 7.72. The molecule has 0 atom stereocenters. The van der Waals surface area contributed by atoms with Crippen molar-refractivity contribution in [2.24, 2.45) is 5.92 Å². The molecule has 6 nitrogen and oxygen atoms in total. The van der Waals surface area contributed by atoms with Gasteiger partial charge in [-0.05, 0) is 37.1 Å². The number of nitrogens with zero attached hydrogens (tertiary/aromatic N) is 2. The summed E-state index contributed by atoms with van der Waals surface area (Å²) in [5.41, 5.74) is 1.97. The van der Waals surface area contributed by atoms with Crippen LogP contribution in [0.1, 0.15) is 37.9 Å². The number of amides is 1. The molecule has 1 fully saturated rings. The third kappa shape index (κ3) is 4.58. The lowest BCUT2D eigenvalue weighted by Crippen LogP contribution is -2.32. The number of hydrogen-bond donors (Lipinski definition) is 1. The van der Waals surface area contributed by atoms with Gasteiger partial charge in [0.05, 0.1) is 31.2 Å². The minimum Gasteiger partial charge on any atom is -0.493 e. The first kappa shape index (κ1) is 20.3. The Labute approximate surface area is 177 Å². The average molecular weight is 408 g/mol. The zero-order valence-corrected chi connectivity index (χ0v) is 17.5. The van der Waals surface area contributed by atoms with Crippen molar-refractivity contribution in [2.75, 3.05) is 13.7 Å². The van der Waals surface area contributed by atoms with Gasteiger partial charge in [0, 0.05) is 5.92 Å². The van der Waals surface area contributed by atoms with Crippen molar-refractivity contribution in [3.05, 3.63) is 54.4 Å². The number of carbonyl (C=O) groups excluding carboxylic acids is 1. The number of methoxy groups -OCH3 is 1. The highest BCUT2D eigenvalue weighted by Crippen LogP contribution is 2.26. The van der Waals surface area contributed by atoms with Crippen LogP contribution in [0.2, 0.25) is 0 Å². The molecule has 158 valence electrons. The number of rotatable bonds is 8. The molecular formula is C24H29N3O3. The van der Waals surface area contributed by atoms with E-state index in [4.69, 9.17) is 14.5 Å². The topological polar surface area (TPSA) is 65.4 Å². The molecule has 0 spiro atoms. The summed E-state index contributed by atoms with van der Waals surface area (Å²) in [6.45, 7) is 1.54. The first-order chi connectivity index (χ1) is 14.8. The zero-order valence-electron chi connectivity index (χ0n) is 17.5. The van der Waals surface area contributed by atoms with E-state index in [1.54, 1.807) is 7.11 Å². The Bertz CT molecular complexity index is 992. The SMILES string of the molecule is COc1ccccc1OCCn1c(CNC(=O)C2CCCCC2)nc2ccccc21. The summed E-state index contributed by atoms with van der Waals surface area (Å²) in [4.78, 5) is 17.3. The summed E-state index contributed by atoms with van der Waals surface area (Å²) < 4.78 is 13.5. The predicted molar refractivity (Wildman–Crippen MR) is 117 cm³/mol. The van der Waals surface area contributed by atoms with Crippen LogP contribution >= 0.6 is 0 Å². The molecule has 0 unspecified atom stereocenters. The highest BCUT2D eigenvalue weighted by molar-refractivity contribution is 5.79. The van der Waals surface area contributed by atoms with Gasteiger partial charge in [-0.25, -0.2) is 4.98 Å². The molecular weight excluding hydrogens is 378 g/mol. The van der Waals surface area contributed by atoms with Crippen LogP contribution in [0.15, 0.2) is 48.5 Å². The zero-order chi connectivity index (χ0) is 20.8. The fourth-order valence-electron chi connectivity index (χ4n) is 4.17. The van der Waals surface area contributed by atoms with E-state index in [0.717, 1.165) is 48.3 Å². The van der Waals surface area contributed by atoms with Gasteiger partial charge in [0.1, 0.15) is 12.4 Å². The molecule has 1 aromatic heterocycles. The summed E-state index contributed by atoms with van der Waals surface area (Å²) in [6.07, 6.45) is 5.53. The number of ether oxygens (including phenoxy) is 2. The van der Waals surface area contributed by atoms with Crippen molar-refractivity contribution in [3.8, 4) is 11.5 Å². The molecule has 1 aliphatic carbocycles. The Hall–Kier alpha value is -3.02. The maximum absolute atomic E-state index is 12.6. The highest BCUT2D eigenvalue weighted by atomic mass is 16.5. The van der Waals surface area contributed by atoms with E-state index in [2.05, 4.69) is 16.0 Å². The third-order valence-corrected chi connectivity index (χ3v) is 5.77. The van der Waals surface area contributed by atoms with Crippen molar-refractivity contribution in [1.29, 1.82) is 0 Å². The predicted octanol–water partition coefficient (Wildman–Crippen LogP) is 4.32. The van der Waals surface area contributed by atoms with Crippen molar-refractivity contribution in [1.82, 2.24) is 14.9 Å². The van der Waals surface area contributed by atoms with Crippen molar-refractivity contribution < 1.29 is 14.3 Å². The van der Waals surface area contributed by atoms with Gasteiger partial charge in [0.25, 0.3) is 0 Å². The summed E-state index contributed by atoms with van der Waals surface area (Å²) in [7, 11) is 1.64. The molecule has 1 saturated carbocycles. The molecule has 1 heterocycles. The molecule has 1 N–H and O–H groups in total. The molecule has 0 radical (unpaired) electrons. The summed E-state index contributed by atoms with van der Waals surface area (Å²) in [6, 6.07) is 15.7. The quantitative estimate of drug-likeness (QED) is 0.604. The lowest BCUT2D eigenvalue weighted by molar-refractivity contribution is -0.126. The number of para-hydroxylation sites is 4. The first-order valence-corrected chi connectivity index (χ1v) is 10.7. The maximum atomic E-state index is 12.6. The molecule has 1 amide bonds. The Morgan fingerprint density at radius 1 is 1.07 bits per heavy atom. The maximum Gasteiger partial charge on any atom is 0.223 e. The third-order valence-electron chi connectivity index (χ3n) is 5.77. The summed E-state index contributed by atoms with van der Waals surface area (Å²) >= 11 is 0. The number of nitrogens with one attached hydrogen (secondary N) is 1. The molecule has 1 aliphatic rings. The van der Waals surface area contributed by atoms with Gasteiger partial charge in [-0.2, -0.15) is 0 Å². The number of hydrogen-bond acceptors (Lipinski definition) is 4. The standard InChI is InChI=1S/C24H29N3O3/c1-29-21-13-7-8-14-22(21)30-16-15-27-20-12-6-5-11-19(20)26-23(27)17-25-24(28)18-9-3-2-4-10-18/h5-8,11-14,18H,2-4,9-10,15-17H2,1H3,(H,25,28). The van der Waals surface area contributed by atoms with Gasteiger partial charge in [-0.3, -0.25) is 4.79 Å². The van der Waals surface area contributed by atoms with Crippen molar-refractivity contribution >= 4 is 16.9 Å². The first-order valence-electron chi connectivity index (χ1n) is 10.7. The van der Waals surface area contributed by atoms with E-state index in [0.29, 0.717) is 25.4 Å². The Morgan fingerprint density at radius 2 is 1.80 bits per heavy atom. The van der Waals surface area contributed by atoms with E-state index >= 15 is 0 Å². The van der Waals surface area contributed by atoms with Gasteiger partial charge in [-0.15, -0.1) is 0 Å². The van der Waals surface area contributed by atoms with Crippen LogP contribution in [-0.2, 0) is 17.9 Å². The molecule has 6 heteroatoms. The number of fused-ring (bicyclic) bond motifs is 1. The molecule has 4 rings (SSSR count). The van der Waals surface area contributed by atoms with E-state index in [-0.39, 0.29) is 11.8 Å². The highest BCUT2D eigenvalue weighted by Gasteiger charge is 2.21. The number of aromatic nitrogens is 2. The van der Waals surface area contributed by atoms with Gasteiger partial charge in [0.15, 0.2) is 11.5 Å². The van der Waals surface area contributed by atoms with E-state index < -0.39 is 0 Å². The van der Waals surface area contributed by atoms with Gasteiger partial charge in [-0.1, -0.05) is 43.5 Å². The largest absolute Gasteiger partial charge is 0.493 e. The Morgan fingerprint density at radius 3 is 2.60 bits per heavy atom. The van der Waals surface area contributed by atoms with E-state index in [1.165, 1.54) is 6.42 Å². The van der Waals surface area contributed by atoms with E-state index in [1.807, 2.05) is 42.5 Å². The second kappa shape index (κ2) is 9.65. The van der Waals surface area contributed by atoms with Crippen LogP contribution in [0.5, 0.6) is 11.5 Å².